The third-order valence-corrected chi connectivity index (χ3v) is 23.0. The Morgan fingerprint density at radius 3 is 2.32 bits per heavy atom. The molecule has 0 aromatic heterocycles. The molecule has 0 radical (unpaired) electrons. The summed E-state index contributed by atoms with van der Waals surface area (Å²) < 4.78 is 1.42. The molecule has 1 heterocycles. The normalized spacial score (nSPS) is 16.5. The Labute approximate surface area is 241 Å². The van der Waals surface area contributed by atoms with Crippen LogP contribution in [0.5, 0.6) is 0 Å². The van der Waals surface area contributed by atoms with Crippen LogP contribution >= 0.6 is 17.0 Å². The summed E-state index contributed by atoms with van der Waals surface area (Å²) in [5.74, 6) is 0.455. The van der Waals surface area contributed by atoms with Crippen LogP contribution in [0.25, 0.3) is 28.3 Å². The van der Waals surface area contributed by atoms with Crippen LogP contribution in [-0.4, -0.2) is 9.52 Å². The standard InChI is InChI=1S/C22H25.C12H9Si.2ClH.Zr/c1-5-8-17-11-12-18-13-16(4)14-21(18)22(17)20-10-7-6-9-19(20)15(2)3;1-3-7-11-9(5-1)10-6-2-4-8-12(10)13-11;;;/h6-7,9-15H,5,8H2,1-4H3;1-7H,13H2;2*1H;/q;;;;+2/p-2. The zero-order valence-electron chi connectivity index (χ0n) is 22.6. The van der Waals surface area contributed by atoms with Gasteiger partial charge in [0.15, 0.2) is 0 Å². The monoisotopic (exact) mass is 630 g/mol. The van der Waals surface area contributed by atoms with Crippen molar-refractivity contribution in [1.29, 1.82) is 0 Å². The van der Waals surface area contributed by atoms with Gasteiger partial charge in [-0.3, -0.25) is 0 Å². The Bertz CT molecular complexity index is 1580. The van der Waals surface area contributed by atoms with Crippen LogP contribution < -0.4 is 13.6 Å². The molecule has 0 saturated carbocycles. The van der Waals surface area contributed by atoms with Gasteiger partial charge in [-0.25, -0.2) is 0 Å². The van der Waals surface area contributed by atoms with E-state index in [9.17, 15) is 0 Å². The zero-order valence-corrected chi connectivity index (χ0v) is 28.0. The van der Waals surface area contributed by atoms with Crippen molar-refractivity contribution in [2.45, 2.75) is 50.1 Å². The van der Waals surface area contributed by atoms with E-state index in [1.807, 2.05) is 0 Å². The Morgan fingerprint density at radius 2 is 1.55 bits per heavy atom. The summed E-state index contributed by atoms with van der Waals surface area (Å²) in [6.07, 6.45) is 4.60. The van der Waals surface area contributed by atoms with Crippen molar-refractivity contribution in [2.24, 2.45) is 0 Å². The van der Waals surface area contributed by atoms with E-state index >= 15 is 0 Å². The van der Waals surface area contributed by atoms with Crippen molar-refractivity contribution in [3.63, 3.8) is 0 Å². The SMILES string of the molecule is CCCc1ccc2c(c1-c1ccccc1C(C)C)C=C(C)[CH]2[Zr]([Cl])([Cl])[c]1cccc2c1[SiH2]c1ccccc1-2. The molecule has 192 valence electrons. The molecular weight excluding hydrogens is 599 g/mol. The molecule has 1 aliphatic heterocycles. The van der Waals surface area contributed by atoms with E-state index in [0.29, 0.717) is 5.92 Å². The quantitative estimate of drug-likeness (QED) is 0.168. The molecule has 1 aliphatic carbocycles. The number of benzene rings is 4. The van der Waals surface area contributed by atoms with E-state index < -0.39 is 27.4 Å². The molecule has 1 atom stereocenters. The van der Waals surface area contributed by atoms with Crippen molar-refractivity contribution in [1.82, 2.24) is 0 Å². The molecule has 4 aromatic carbocycles. The fraction of sp³-hybridized carbons (Fsp3) is 0.235. The summed E-state index contributed by atoms with van der Waals surface area (Å²) >= 11 is -3.91. The van der Waals surface area contributed by atoms with E-state index in [0.717, 1.165) is 12.8 Å². The van der Waals surface area contributed by atoms with Gasteiger partial charge in [-0.2, -0.15) is 0 Å². The molecule has 0 fully saturated rings. The van der Waals surface area contributed by atoms with Crippen molar-refractivity contribution in [2.75, 3.05) is 0 Å². The average molecular weight is 633 g/mol. The van der Waals surface area contributed by atoms with Crippen molar-refractivity contribution in [3.8, 4) is 22.3 Å². The molecule has 0 bridgehead atoms. The van der Waals surface area contributed by atoms with E-state index in [2.05, 4.69) is 113 Å². The van der Waals surface area contributed by atoms with E-state index in [-0.39, 0.29) is 3.63 Å². The van der Waals surface area contributed by atoms with Crippen molar-refractivity contribution < 1.29 is 17.9 Å². The third-order valence-electron chi connectivity index (χ3n) is 8.45. The average Bonchev–Trinajstić information content (AvgIpc) is 3.46. The van der Waals surface area contributed by atoms with Gasteiger partial charge in [-0.05, 0) is 0 Å². The summed E-state index contributed by atoms with van der Waals surface area (Å²) in [7, 11) is 14.9. The number of aryl methyl sites for hydroxylation is 1. The summed E-state index contributed by atoms with van der Waals surface area (Å²) in [6, 6.07) is 29.3. The van der Waals surface area contributed by atoms with Gasteiger partial charge in [0.1, 0.15) is 0 Å². The van der Waals surface area contributed by atoms with Crippen LogP contribution in [0, 0.1) is 0 Å². The first-order chi connectivity index (χ1) is 18.3. The number of hydrogen-bond donors (Lipinski definition) is 0. The first-order valence-electron chi connectivity index (χ1n) is 13.8. The fourth-order valence-corrected chi connectivity index (χ4v) is 23.9. The Morgan fingerprint density at radius 1 is 0.842 bits per heavy atom. The molecule has 0 N–H and O–H groups in total. The van der Waals surface area contributed by atoms with E-state index in [1.165, 1.54) is 63.7 Å². The predicted octanol–water partition coefficient (Wildman–Crippen LogP) is 7.77. The van der Waals surface area contributed by atoms with Crippen LogP contribution in [0.3, 0.4) is 0 Å². The molecule has 2 aliphatic rings. The number of hydrogen-bond acceptors (Lipinski definition) is 0. The van der Waals surface area contributed by atoms with Gasteiger partial charge in [-0.15, -0.1) is 0 Å². The summed E-state index contributed by atoms with van der Waals surface area (Å²) in [5, 5.41) is 3.00. The van der Waals surface area contributed by atoms with Crippen LogP contribution in [0.2, 0.25) is 0 Å². The molecule has 4 heteroatoms. The van der Waals surface area contributed by atoms with Crippen molar-refractivity contribution >= 4 is 46.3 Å². The zero-order chi connectivity index (χ0) is 26.6. The topological polar surface area (TPSA) is 0 Å². The molecule has 6 rings (SSSR count). The van der Waals surface area contributed by atoms with Crippen LogP contribution in [0.4, 0.5) is 0 Å². The second-order valence-corrected chi connectivity index (χ2v) is 27.0. The molecular formula is C34H34Cl2SiZr. The van der Waals surface area contributed by atoms with Crippen LogP contribution in [0.1, 0.15) is 65.9 Å². The number of allylic oxidation sites excluding steroid dienone is 1. The van der Waals surface area contributed by atoms with Gasteiger partial charge < -0.3 is 0 Å². The van der Waals surface area contributed by atoms with Crippen LogP contribution in [0.15, 0.2) is 84.4 Å². The predicted molar refractivity (Wildman–Crippen MR) is 167 cm³/mol. The first-order valence-corrected chi connectivity index (χ1v) is 24.2. The minimum atomic E-state index is -3.91. The van der Waals surface area contributed by atoms with Gasteiger partial charge in [0.05, 0.1) is 0 Å². The van der Waals surface area contributed by atoms with Crippen LogP contribution in [-0.2, 0) is 24.3 Å². The maximum atomic E-state index is 7.75. The number of halogens is 2. The third kappa shape index (κ3) is 4.28. The molecule has 0 saturated heterocycles. The van der Waals surface area contributed by atoms with E-state index in [4.69, 9.17) is 17.0 Å². The van der Waals surface area contributed by atoms with E-state index in [1.54, 1.807) is 0 Å². The maximum absolute atomic E-state index is 7.75. The summed E-state index contributed by atoms with van der Waals surface area (Å²) in [4.78, 5) is 0. The number of fused-ring (bicyclic) bond motifs is 4. The van der Waals surface area contributed by atoms with Gasteiger partial charge >= 0.3 is 243 Å². The second kappa shape index (κ2) is 10.4. The molecule has 0 amide bonds. The summed E-state index contributed by atoms with van der Waals surface area (Å²) in [6.45, 7) is 9.12. The first kappa shape index (κ1) is 26.5. The van der Waals surface area contributed by atoms with Crippen molar-refractivity contribution in [3.05, 3.63) is 107 Å². The molecule has 0 nitrogen and oxygen atoms in total. The molecule has 0 spiro atoms. The minimum absolute atomic E-state index is 0.118. The molecule has 1 unspecified atom stereocenters. The Hall–Kier alpha value is -1.70. The Balaban J connectivity index is 1.52. The van der Waals surface area contributed by atoms with Gasteiger partial charge in [0.25, 0.3) is 0 Å². The second-order valence-electron chi connectivity index (χ2n) is 11.2. The Kier molecular flexibility index (Phi) is 7.23. The molecule has 4 aromatic rings. The van der Waals surface area contributed by atoms with Gasteiger partial charge in [-0.1, -0.05) is 0 Å². The van der Waals surface area contributed by atoms with Gasteiger partial charge in [0.2, 0.25) is 0 Å². The number of rotatable bonds is 6. The summed E-state index contributed by atoms with van der Waals surface area (Å²) in [5.41, 5.74) is 12.4. The fourth-order valence-electron chi connectivity index (χ4n) is 6.77. The molecule has 38 heavy (non-hydrogen) atoms. The van der Waals surface area contributed by atoms with Gasteiger partial charge in [0, 0.05) is 0 Å².